The molecule has 0 saturated heterocycles. The van der Waals surface area contributed by atoms with Crippen molar-refractivity contribution in [2.45, 2.75) is 102 Å². The van der Waals surface area contributed by atoms with E-state index in [0.717, 1.165) is 0 Å². The number of nitrogens with zero attached hydrogens (tertiary/aromatic N) is 4. The molecule has 3 atom stereocenters. The lowest BCUT2D eigenvalue weighted by molar-refractivity contribution is -0.125. The van der Waals surface area contributed by atoms with E-state index in [-0.39, 0.29) is 53.0 Å². The maximum atomic E-state index is 16.1. The van der Waals surface area contributed by atoms with E-state index in [1.807, 2.05) is 13.8 Å². The number of aromatic amines is 1. The van der Waals surface area contributed by atoms with Crippen LogP contribution in [-0.2, 0) is 4.79 Å². The van der Waals surface area contributed by atoms with Crippen LogP contribution in [0, 0.1) is 11.7 Å². The van der Waals surface area contributed by atoms with Crippen LogP contribution in [0.1, 0.15) is 107 Å². The molecule has 3 aromatic rings. The van der Waals surface area contributed by atoms with E-state index in [9.17, 15) is 27.2 Å². The van der Waals surface area contributed by atoms with Crippen LogP contribution in [0.4, 0.5) is 22.0 Å². The molecule has 9 nitrogen and oxygen atoms in total. The first-order valence-corrected chi connectivity index (χ1v) is 15.1. The molecule has 2 amide bonds. The number of nitrogens with one attached hydrogen (secondary N) is 3. The Labute approximate surface area is 254 Å². The highest BCUT2D eigenvalue weighted by Gasteiger charge is 2.38. The SMILES string of the molecule is CC(C)n1ncnc1C(=O)N[C@H](c1nc2c(F)c(C(CC(C)(C)F)C(=O)NCC(C)(F)F)ccc2[nH]1)C1CCC(F)(P)CC1. The lowest BCUT2D eigenvalue weighted by Gasteiger charge is -2.35. The van der Waals surface area contributed by atoms with Gasteiger partial charge in [0.15, 0.2) is 5.82 Å². The summed E-state index contributed by atoms with van der Waals surface area (Å²) in [5.74, 6) is -7.03. The summed E-state index contributed by atoms with van der Waals surface area (Å²) in [7, 11) is 2.23. The van der Waals surface area contributed by atoms with Gasteiger partial charge in [0.05, 0.1) is 24.0 Å². The maximum absolute atomic E-state index is 16.1. The molecule has 44 heavy (non-hydrogen) atoms. The molecule has 1 saturated carbocycles. The summed E-state index contributed by atoms with van der Waals surface area (Å²) in [5.41, 5.74) is -2.05. The van der Waals surface area contributed by atoms with E-state index in [4.69, 9.17) is 0 Å². The number of halogens is 5. The number of rotatable bonds is 11. The van der Waals surface area contributed by atoms with Gasteiger partial charge < -0.3 is 15.6 Å². The largest absolute Gasteiger partial charge is 0.350 e. The Balaban J connectivity index is 1.72. The quantitative estimate of drug-likeness (QED) is 0.173. The molecule has 4 rings (SSSR count). The van der Waals surface area contributed by atoms with Crippen molar-refractivity contribution in [3.8, 4) is 0 Å². The summed E-state index contributed by atoms with van der Waals surface area (Å²) in [6.45, 7) is 5.74. The third-order valence-corrected chi connectivity index (χ3v) is 8.35. The zero-order valence-electron chi connectivity index (χ0n) is 25.4. The Morgan fingerprint density at radius 2 is 1.84 bits per heavy atom. The van der Waals surface area contributed by atoms with Gasteiger partial charge in [-0.05, 0) is 71.8 Å². The summed E-state index contributed by atoms with van der Waals surface area (Å²) < 4.78 is 73.8. The second kappa shape index (κ2) is 12.7. The van der Waals surface area contributed by atoms with Crippen LogP contribution >= 0.6 is 9.24 Å². The van der Waals surface area contributed by atoms with E-state index in [2.05, 4.69) is 39.9 Å². The van der Waals surface area contributed by atoms with Crippen LogP contribution in [0.15, 0.2) is 18.5 Å². The number of benzene rings is 1. The summed E-state index contributed by atoms with van der Waals surface area (Å²) in [6.07, 6.45) is 2.06. The molecule has 0 aliphatic heterocycles. The van der Waals surface area contributed by atoms with Crippen LogP contribution in [0.25, 0.3) is 11.0 Å². The summed E-state index contributed by atoms with van der Waals surface area (Å²) >= 11 is 0. The topological polar surface area (TPSA) is 118 Å². The highest BCUT2D eigenvalue weighted by atomic mass is 31.0. The fourth-order valence-electron chi connectivity index (χ4n) is 5.55. The van der Waals surface area contributed by atoms with Crippen LogP contribution in [0.3, 0.4) is 0 Å². The molecule has 15 heteroatoms. The van der Waals surface area contributed by atoms with E-state index >= 15 is 4.39 Å². The molecule has 0 bridgehead atoms. The van der Waals surface area contributed by atoms with Crippen molar-refractivity contribution >= 4 is 32.1 Å². The van der Waals surface area contributed by atoms with Gasteiger partial charge in [-0.15, -0.1) is 0 Å². The summed E-state index contributed by atoms with van der Waals surface area (Å²) in [6, 6.07) is 1.82. The fourth-order valence-corrected chi connectivity index (χ4v) is 5.88. The Hall–Kier alpha value is -3.15. The minimum absolute atomic E-state index is 0.0663. The number of alkyl halides is 4. The van der Waals surface area contributed by atoms with Gasteiger partial charge in [0.1, 0.15) is 28.7 Å². The molecule has 0 spiro atoms. The molecular weight excluding hydrogens is 604 g/mol. The molecule has 2 heterocycles. The van der Waals surface area contributed by atoms with Crippen molar-refractivity contribution in [2.24, 2.45) is 5.92 Å². The molecule has 3 N–H and O–H groups in total. The third-order valence-electron chi connectivity index (χ3n) is 7.77. The average Bonchev–Trinajstić information content (AvgIpc) is 3.57. The van der Waals surface area contributed by atoms with E-state index < -0.39 is 59.6 Å². The Morgan fingerprint density at radius 1 is 1.18 bits per heavy atom. The Bertz CT molecular complexity index is 1490. The van der Waals surface area contributed by atoms with Gasteiger partial charge >= 0.3 is 0 Å². The zero-order chi connectivity index (χ0) is 32.6. The standard InChI is InChI=1S/C29H39F5N7O2P/c1-15(2)41-24(36-14-37-41)26(43)40-21(16-8-10-29(34,44)11-9-16)23-38-19-7-6-17(20(30)22(19)39-23)18(12-27(3,4)31)25(42)35-13-28(5,32)33/h6-7,14-16,18,21H,8-13,44H2,1-5H3,(H,35,42)(H,38,39)(H,40,43)/t16?,18?,21-,29?/m0/s1. The molecule has 1 aliphatic rings. The lowest BCUT2D eigenvalue weighted by atomic mass is 9.82. The third kappa shape index (κ3) is 8.11. The number of carbonyl (C=O) groups excluding carboxylic acids is 2. The second-order valence-electron chi connectivity index (χ2n) is 12.7. The van der Waals surface area contributed by atoms with Crippen LogP contribution in [-0.4, -0.2) is 60.1 Å². The van der Waals surface area contributed by atoms with Crippen LogP contribution < -0.4 is 10.6 Å². The summed E-state index contributed by atoms with van der Waals surface area (Å²) in [5, 5.41) is 7.70. The number of amides is 2. The van der Waals surface area contributed by atoms with Gasteiger partial charge in [-0.1, -0.05) is 15.3 Å². The van der Waals surface area contributed by atoms with Crippen molar-refractivity contribution in [3.05, 3.63) is 41.5 Å². The molecule has 1 aliphatic carbocycles. The number of H-pyrrole nitrogens is 1. The van der Waals surface area contributed by atoms with Gasteiger partial charge in [-0.3, -0.25) is 9.59 Å². The molecular formula is C29H39F5N7O2P. The predicted octanol–water partition coefficient (Wildman–Crippen LogP) is 6.07. The number of fused-ring (bicyclic) bond motifs is 1. The lowest BCUT2D eigenvalue weighted by Crippen LogP contribution is -2.39. The first kappa shape index (κ1) is 33.7. The Morgan fingerprint density at radius 3 is 2.43 bits per heavy atom. The number of aromatic nitrogens is 5. The normalized spacial score (nSPS) is 21.0. The zero-order valence-corrected chi connectivity index (χ0v) is 26.5. The molecule has 0 radical (unpaired) electrons. The first-order valence-electron chi connectivity index (χ1n) is 14.6. The highest BCUT2D eigenvalue weighted by Crippen LogP contribution is 2.44. The van der Waals surface area contributed by atoms with Gasteiger partial charge in [0.2, 0.25) is 11.7 Å². The van der Waals surface area contributed by atoms with Crippen LogP contribution in [0.5, 0.6) is 0 Å². The van der Waals surface area contributed by atoms with Crippen molar-refractivity contribution in [3.63, 3.8) is 0 Å². The number of carbonyl (C=O) groups is 2. The monoisotopic (exact) mass is 643 g/mol. The van der Waals surface area contributed by atoms with Gasteiger partial charge in [0, 0.05) is 18.5 Å². The number of hydrogen-bond acceptors (Lipinski definition) is 5. The summed E-state index contributed by atoms with van der Waals surface area (Å²) in [4.78, 5) is 37.9. The first-order chi connectivity index (χ1) is 20.3. The van der Waals surface area contributed by atoms with E-state index in [1.54, 1.807) is 0 Å². The second-order valence-corrected chi connectivity index (χ2v) is 13.7. The number of imidazole rings is 1. The number of hydrogen-bond donors (Lipinski definition) is 3. The molecule has 1 fully saturated rings. The smallest absolute Gasteiger partial charge is 0.289 e. The minimum atomic E-state index is -3.22. The Kier molecular flexibility index (Phi) is 9.73. The predicted molar refractivity (Wildman–Crippen MR) is 158 cm³/mol. The average molecular weight is 644 g/mol. The van der Waals surface area contributed by atoms with Gasteiger partial charge in [0.25, 0.3) is 11.8 Å². The van der Waals surface area contributed by atoms with Crippen molar-refractivity contribution < 1.29 is 31.5 Å². The minimum Gasteiger partial charge on any atom is -0.350 e. The molecule has 2 aromatic heterocycles. The van der Waals surface area contributed by atoms with Crippen molar-refractivity contribution in [1.29, 1.82) is 0 Å². The highest BCUT2D eigenvalue weighted by molar-refractivity contribution is 7.18. The van der Waals surface area contributed by atoms with Crippen molar-refractivity contribution in [1.82, 2.24) is 35.4 Å². The van der Waals surface area contributed by atoms with E-state index in [0.29, 0.717) is 19.8 Å². The molecule has 1 aromatic carbocycles. The van der Waals surface area contributed by atoms with Gasteiger partial charge in [-0.2, -0.15) is 5.10 Å². The molecule has 2 unspecified atom stereocenters. The van der Waals surface area contributed by atoms with Crippen molar-refractivity contribution in [2.75, 3.05) is 6.54 Å². The molecule has 242 valence electrons. The van der Waals surface area contributed by atoms with E-state index in [1.165, 1.54) is 37.0 Å². The van der Waals surface area contributed by atoms with Gasteiger partial charge in [-0.25, -0.2) is 36.6 Å². The maximum Gasteiger partial charge on any atom is 0.289 e. The fraction of sp³-hybridized carbons (Fsp3) is 0.621. The van der Waals surface area contributed by atoms with Crippen LogP contribution in [0.2, 0.25) is 0 Å².